The third-order valence-corrected chi connectivity index (χ3v) is 5.71. The molecule has 8 heteroatoms. The van der Waals surface area contributed by atoms with Crippen LogP contribution < -0.4 is 15.5 Å². The van der Waals surface area contributed by atoms with Crippen molar-refractivity contribution in [2.75, 3.05) is 23.3 Å². The van der Waals surface area contributed by atoms with Crippen molar-refractivity contribution in [3.63, 3.8) is 0 Å². The predicted octanol–water partition coefficient (Wildman–Crippen LogP) is 2.79. The second-order valence-electron chi connectivity index (χ2n) is 6.82. The van der Waals surface area contributed by atoms with Crippen molar-refractivity contribution in [2.24, 2.45) is 5.92 Å². The Kier molecular flexibility index (Phi) is 5.53. The molecule has 2 aromatic carbocycles. The minimum Gasteiger partial charge on any atom is -0.355 e. The number of hydrogen-bond donors (Lipinski definition) is 2. The molecule has 2 heterocycles. The summed E-state index contributed by atoms with van der Waals surface area (Å²) in [6, 6.07) is 17.0. The van der Waals surface area contributed by atoms with Crippen LogP contribution in [0.3, 0.4) is 0 Å². The first kappa shape index (κ1) is 19.1. The van der Waals surface area contributed by atoms with Crippen LogP contribution in [-0.2, 0) is 14.4 Å². The molecule has 1 saturated heterocycles. The molecule has 1 aliphatic heterocycles. The van der Waals surface area contributed by atoms with Crippen LogP contribution in [0.15, 0.2) is 54.6 Å². The lowest BCUT2D eigenvalue weighted by atomic mass is 10.1. The molecular formula is C21H20N4O3S. The lowest BCUT2D eigenvalue weighted by Gasteiger charge is -2.16. The average molecular weight is 408 g/mol. The van der Waals surface area contributed by atoms with Gasteiger partial charge >= 0.3 is 0 Å². The van der Waals surface area contributed by atoms with Gasteiger partial charge in [-0.15, -0.1) is 0 Å². The maximum absolute atomic E-state index is 12.4. The highest BCUT2D eigenvalue weighted by Gasteiger charge is 2.34. The summed E-state index contributed by atoms with van der Waals surface area (Å²) in [5, 5.41) is 6.07. The number of rotatable bonds is 6. The number of nitrogens with one attached hydrogen (secondary N) is 2. The van der Waals surface area contributed by atoms with Gasteiger partial charge in [-0.05, 0) is 24.3 Å². The van der Waals surface area contributed by atoms with E-state index < -0.39 is 5.92 Å². The molecule has 1 atom stereocenters. The second kappa shape index (κ2) is 8.40. The van der Waals surface area contributed by atoms with E-state index in [1.54, 1.807) is 4.90 Å². The zero-order chi connectivity index (χ0) is 20.2. The van der Waals surface area contributed by atoms with Crippen LogP contribution in [0.1, 0.15) is 12.8 Å². The number of carbonyl (C=O) groups is 3. The molecule has 7 nitrogen and oxygen atoms in total. The largest absolute Gasteiger partial charge is 0.355 e. The number of aromatic nitrogens is 1. The van der Waals surface area contributed by atoms with Crippen molar-refractivity contribution in [2.45, 2.75) is 12.8 Å². The van der Waals surface area contributed by atoms with E-state index in [4.69, 9.17) is 0 Å². The van der Waals surface area contributed by atoms with Crippen molar-refractivity contribution >= 4 is 50.1 Å². The van der Waals surface area contributed by atoms with Crippen molar-refractivity contribution in [3.8, 4) is 0 Å². The number of thiazole rings is 1. The fraction of sp³-hybridized carbons (Fsp3) is 0.238. The van der Waals surface area contributed by atoms with Crippen LogP contribution in [0.5, 0.6) is 0 Å². The smallest absolute Gasteiger partial charge is 0.227 e. The van der Waals surface area contributed by atoms with Gasteiger partial charge in [0.2, 0.25) is 17.7 Å². The summed E-state index contributed by atoms with van der Waals surface area (Å²) in [5.41, 5.74) is 1.64. The molecule has 0 radical (unpaired) electrons. The molecule has 1 aromatic heterocycles. The predicted molar refractivity (Wildman–Crippen MR) is 113 cm³/mol. The highest BCUT2D eigenvalue weighted by atomic mass is 32.1. The van der Waals surface area contributed by atoms with Gasteiger partial charge in [-0.25, -0.2) is 4.98 Å². The van der Waals surface area contributed by atoms with E-state index in [2.05, 4.69) is 15.6 Å². The van der Waals surface area contributed by atoms with Crippen LogP contribution in [0.4, 0.5) is 10.8 Å². The van der Waals surface area contributed by atoms with Gasteiger partial charge in [0.05, 0.1) is 16.1 Å². The lowest BCUT2D eigenvalue weighted by molar-refractivity contribution is -0.126. The standard InChI is InChI=1S/C21H20N4O3S/c26-18(24-21-23-16-8-4-5-9-17(16)29-21)10-11-22-20(28)14-12-19(27)25(13-14)15-6-2-1-3-7-15/h1-9,14H,10-13H2,(H,22,28)(H,23,24,26)/t14-/m1/s1. The van der Waals surface area contributed by atoms with E-state index in [1.807, 2.05) is 54.6 Å². The van der Waals surface area contributed by atoms with Gasteiger partial charge in [0.25, 0.3) is 0 Å². The Morgan fingerprint density at radius 1 is 1.10 bits per heavy atom. The first-order chi connectivity index (χ1) is 14.1. The minimum absolute atomic E-state index is 0.0649. The summed E-state index contributed by atoms with van der Waals surface area (Å²) < 4.78 is 1.00. The van der Waals surface area contributed by atoms with Crippen LogP contribution in [-0.4, -0.2) is 35.8 Å². The lowest BCUT2D eigenvalue weighted by Crippen LogP contribution is -2.34. The molecule has 3 aromatic rings. The van der Waals surface area contributed by atoms with Crippen molar-refractivity contribution in [1.29, 1.82) is 0 Å². The van der Waals surface area contributed by atoms with E-state index in [-0.39, 0.29) is 37.1 Å². The molecule has 3 amide bonds. The quantitative estimate of drug-likeness (QED) is 0.656. The average Bonchev–Trinajstić information content (AvgIpc) is 3.31. The van der Waals surface area contributed by atoms with Gasteiger partial charge in [0.15, 0.2) is 5.13 Å². The van der Waals surface area contributed by atoms with Crippen LogP contribution >= 0.6 is 11.3 Å². The number of amides is 3. The first-order valence-corrected chi connectivity index (χ1v) is 10.2. The molecule has 1 aliphatic rings. The Hall–Kier alpha value is -3.26. The Morgan fingerprint density at radius 3 is 2.66 bits per heavy atom. The number of nitrogens with zero attached hydrogens (tertiary/aromatic N) is 2. The number of benzene rings is 2. The molecular weight excluding hydrogens is 388 g/mol. The fourth-order valence-electron chi connectivity index (χ4n) is 3.29. The molecule has 0 saturated carbocycles. The van der Waals surface area contributed by atoms with E-state index in [0.717, 1.165) is 15.9 Å². The van der Waals surface area contributed by atoms with Crippen LogP contribution in [0.25, 0.3) is 10.2 Å². The second-order valence-corrected chi connectivity index (χ2v) is 7.85. The van der Waals surface area contributed by atoms with E-state index >= 15 is 0 Å². The SMILES string of the molecule is O=C(CCNC(=O)[C@@H]1CC(=O)N(c2ccccc2)C1)Nc1nc2ccccc2s1. The molecule has 2 N–H and O–H groups in total. The Labute approximate surface area is 171 Å². The normalized spacial score (nSPS) is 16.2. The van der Waals surface area contributed by atoms with Crippen molar-refractivity contribution in [3.05, 3.63) is 54.6 Å². The number of carbonyl (C=O) groups excluding carboxylic acids is 3. The molecule has 29 heavy (non-hydrogen) atoms. The summed E-state index contributed by atoms with van der Waals surface area (Å²) in [4.78, 5) is 42.7. The molecule has 0 unspecified atom stereocenters. The zero-order valence-corrected chi connectivity index (χ0v) is 16.4. The third kappa shape index (κ3) is 4.43. The monoisotopic (exact) mass is 408 g/mol. The number of para-hydroxylation sites is 2. The Morgan fingerprint density at radius 2 is 1.86 bits per heavy atom. The number of anilines is 2. The molecule has 0 bridgehead atoms. The van der Waals surface area contributed by atoms with E-state index in [9.17, 15) is 14.4 Å². The highest BCUT2D eigenvalue weighted by Crippen LogP contribution is 2.26. The van der Waals surface area contributed by atoms with Gasteiger partial charge in [0.1, 0.15) is 0 Å². The first-order valence-electron chi connectivity index (χ1n) is 9.39. The summed E-state index contributed by atoms with van der Waals surface area (Å²) >= 11 is 1.41. The number of hydrogen-bond acceptors (Lipinski definition) is 5. The van der Waals surface area contributed by atoms with Gasteiger partial charge in [0, 0.05) is 31.6 Å². The topological polar surface area (TPSA) is 91.4 Å². The summed E-state index contributed by atoms with van der Waals surface area (Å²) in [6.07, 6.45) is 0.323. The summed E-state index contributed by atoms with van der Waals surface area (Å²) in [7, 11) is 0. The van der Waals surface area contributed by atoms with Crippen LogP contribution in [0.2, 0.25) is 0 Å². The molecule has 0 spiro atoms. The van der Waals surface area contributed by atoms with Gasteiger partial charge < -0.3 is 15.5 Å². The molecule has 4 rings (SSSR count). The zero-order valence-electron chi connectivity index (χ0n) is 15.6. The minimum atomic E-state index is -0.407. The molecule has 0 aliphatic carbocycles. The summed E-state index contributed by atoms with van der Waals surface area (Å²) in [6.45, 7) is 0.568. The van der Waals surface area contributed by atoms with E-state index in [0.29, 0.717) is 11.7 Å². The van der Waals surface area contributed by atoms with Gasteiger partial charge in [-0.2, -0.15) is 0 Å². The Balaban J connectivity index is 1.24. The third-order valence-electron chi connectivity index (χ3n) is 4.76. The van der Waals surface area contributed by atoms with Crippen LogP contribution in [0, 0.1) is 5.92 Å². The maximum atomic E-state index is 12.4. The van der Waals surface area contributed by atoms with Crippen molar-refractivity contribution < 1.29 is 14.4 Å². The highest BCUT2D eigenvalue weighted by molar-refractivity contribution is 7.22. The molecule has 1 fully saturated rings. The maximum Gasteiger partial charge on any atom is 0.227 e. The molecule has 148 valence electrons. The van der Waals surface area contributed by atoms with Crippen molar-refractivity contribution in [1.82, 2.24) is 10.3 Å². The Bertz CT molecular complexity index is 1020. The number of fused-ring (bicyclic) bond motifs is 1. The van der Waals surface area contributed by atoms with Gasteiger partial charge in [-0.3, -0.25) is 14.4 Å². The fourth-order valence-corrected chi connectivity index (χ4v) is 4.17. The van der Waals surface area contributed by atoms with Gasteiger partial charge in [-0.1, -0.05) is 41.7 Å². The summed E-state index contributed by atoms with van der Waals surface area (Å²) in [5.74, 6) is -0.887. The van der Waals surface area contributed by atoms with E-state index in [1.165, 1.54) is 11.3 Å².